The van der Waals surface area contributed by atoms with Crippen molar-refractivity contribution in [2.45, 2.75) is 20.1 Å². The highest BCUT2D eigenvalue weighted by atomic mass is 79.9. The van der Waals surface area contributed by atoms with Crippen molar-refractivity contribution in [3.63, 3.8) is 0 Å². The number of hydrogen-bond donors (Lipinski definition) is 1. The maximum atomic E-state index is 6.05. The zero-order valence-corrected chi connectivity index (χ0v) is 18.4. The van der Waals surface area contributed by atoms with Crippen LogP contribution in [0.4, 0.5) is 5.69 Å². The van der Waals surface area contributed by atoms with Gasteiger partial charge in [0.05, 0.1) is 6.61 Å². The third-order valence-electron chi connectivity index (χ3n) is 4.02. The van der Waals surface area contributed by atoms with Gasteiger partial charge in [0.2, 0.25) is 0 Å². The Morgan fingerprint density at radius 1 is 0.893 bits per heavy atom. The van der Waals surface area contributed by atoms with E-state index in [0.717, 1.165) is 21.3 Å². The molecule has 0 bridgehead atoms. The van der Waals surface area contributed by atoms with Crippen molar-refractivity contribution in [2.75, 3.05) is 11.9 Å². The van der Waals surface area contributed by atoms with Gasteiger partial charge in [-0.15, -0.1) is 0 Å². The van der Waals surface area contributed by atoms with Gasteiger partial charge in [-0.2, -0.15) is 0 Å². The van der Waals surface area contributed by atoms with E-state index in [9.17, 15) is 0 Å². The second kappa shape index (κ2) is 10.1. The highest BCUT2D eigenvalue weighted by Gasteiger charge is 2.11. The van der Waals surface area contributed by atoms with Crippen LogP contribution in [0.1, 0.15) is 18.1 Å². The van der Waals surface area contributed by atoms with Crippen LogP contribution >= 0.6 is 39.1 Å². The molecule has 0 aliphatic heterocycles. The summed E-state index contributed by atoms with van der Waals surface area (Å²) >= 11 is 15.6. The third-order valence-corrected chi connectivity index (χ3v) is 5.25. The summed E-state index contributed by atoms with van der Waals surface area (Å²) in [6.07, 6.45) is 0. The lowest BCUT2D eigenvalue weighted by Gasteiger charge is -2.16. The molecule has 3 nitrogen and oxygen atoms in total. The van der Waals surface area contributed by atoms with Crippen LogP contribution in [0.5, 0.6) is 11.5 Å². The van der Waals surface area contributed by atoms with Gasteiger partial charge in [0.15, 0.2) is 11.5 Å². The van der Waals surface area contributed by atoms with Gasteiger partial charge < -0.3 is 14.8 Å². The lowest BCUT2D eigenvalue weighted by atomic mass is 10.2. The lowest BCUT2D eigenvalue weighted by Crippen LogP contribution is -2.04. The fourth-order valence-electron chi connectivity index (χ4n) is 2.65. The molecule has 0 radical (unpaired) electrons. The summed E-state index contributed by atoms with van der Waals surface area (Å²) in [4.78, 5) is 0. The van der Waals surface area contributed by atoms with Gasteiger partial charge in [0.1, 0.15) is 6.61 Å². The van der Waals surface area contributed by atoms with Crippen molar-refractivity contribution in [3.8, 4) is 11.5 Å². The SMILES string of the molecule is CCOc1cc(CNc2ccc(Cl)cc2)c(Br)cc1OCc1cccc(Cl)c1. The fourth-order valence-corrected chi connectivity index (χ4v) is 3.45. The number of benzene rings is 3. The van der Waals surface area contributed by atoms with Crippen LogP contribution in [0.15, 0.2) is 65.1 Å². The Bertz CT molecular complexity index is 932. The topological polar surface area (TPSA) is 30.5 Å². The van der Waals surface area contributed by atoms with Crippen LogP contribution < -0.4 is 14.8 Å². The average Bonchev–Trinajstić information content (AvgIpc) is 2.68. The highest BCUT2D eigenvalue weighted by molar-refractivity contribution is 9.10. The van der Waals surface area contributed by atoms with E-state index in [1.165, 1.54) is 0 Å². The molecule has 0 fully saturated rings. The van der Waals surface area contributed by atoms with Crippen LogP contribution in [0, 0.1) is 0 Å². The van der Waals surface area contributed by atoms with Crippen LogP contribution in [-0.2, 0) is 13.2 Å². The lowest BCUT2D eigenvalue weighted by molar-refractivity contribution is 0.269. The van der Waals surface area contributed by atoms with Crippen LogP contribution in [0.25, 0.3) is 0 Å². The number of rotatable bonds is 8. The summed E-state index contributed by atoms with van der Waals surface area (Å²) < 4.78 is 12.7. The molecule has 0 saturated carbocycles. The minimum atomic E-state index is 0.412. The first-order valence-corrected chi connectivity index (χ1v) is 10.4. The van der Waals surface area contributed by atoms with E-state index in [1.54, 1.807) is 0 Å². The minimum Gasteiger partial charge on any atom is -0.490 e. The monoisotopic (exact) mass is 479 g/mol. The standard InChI is InChI=1S/C22H20BrCl2NO2/c1-2-27-21-11-16(13-26-19-8-6-17(24)7-9-19)20(23)12-22(21)28-14-15-4-3-5-18(25)10-15/h3-12,26H,2,13-14H2,1H3. The van der Waals surface area contributed by atoms with E-state index < -0.39 is 0 Å². The van der Waals surface area contributed by atoms with Gasteiger partial charge in [0, 0.05) is 26.8 Å². The van der Waals surface area contributed by atoms with Gasteiger partial charge in [-0.3, -0.25) is 0 Å². The third kappa shape index (κ3) is 5.81. The number of ether oxygens (including phenoxy) is 2. The van der Waals surface area contributed by atoms with Gasteiger partial charge in [-0.25, -0.2) is 0 Å². The second-order valence-corrected chi connectivity index (χ2v) is 7.83. The Morgan fingerprint density at radius 3 is 2.36 bits per heavy atom. The maximum absolute atomic E-state index is 6.05. The van der Waals surface area contributed by atoms with Gasteiger partial charge in [-0.1, -0.05) is 51.3 Å². The smallest absolute Gasteiger partial charge is 0.162 e. The molecule has 3 aromatic rings. The Balaban J connectivity index is 1.74. The van der Waals surface area contributed by atoms with E-state index in [-0.39, 0.29) is 0 Å². The first-order chi connectivity index (χ1) is 13.5. The fraction of sp³-hybridized carbons (Fsp3) is 0.182. The van der Waals surface area contributed by atoms with Crippen LogP contribution in [0.3, 0.4) is 0 Å². The quantitative estimate of drug-likeness (QED) is 0.365. The number of anilines is 1. The number of nitrogens with one attached hydrogen (secondary N) is 1. The molecule has 0 aliphatic carbocycles. The summed E-state index contributed by atoms with van der Waals surface area (Å²) in [7, 11) is 0. The molecule has 0 aliphatic rings. The summed E-state index contributed by atoms with van der Waals surface area (Å²) in [6.45, 7) is 3.56. The molecule has 146 valence electrons. The predicted octanol–water partition coefficient (Wildman–Crippen LogP) is 7.35. The molecule has 6 heteroatoms. The van der Waals surface area contributed by atoms with Crippen molar-refractivity contribution in [1.29, 1.82) is 0 Å². The van der Waals surface area contributed by atoms with Gasteiger partial charge >= 0.3 is 0 Å². The van der Waals surface area contributed by atoms with Crippen molar-refractivity contribution in [3.05, 3.63) is 86.3 Å². The molecule has 0 atom stereocenters. The number of hydrogen-bond acceptors (Lipinski definition) is 3. The Hall–Kier alpha value is -1.88. The predicted molar refractivity (Wildman–Crippen MR) is 120 cm³/mol. The highest BCUT2D eigenvalue weighted by Crippen LogP contribution is 2.35. The van der Waals surface area contributed by atoms with E-state index >= 15 is 0 Å². The summed E-state index contributed by atoms with van der Waals surface area (Å²) in [5.74, 6) is 1.39. The van der Waals surface area contributed by atoms with Crippen molar-refractivity contribution in [1.82, 2.24) is 0 Å². The molecule has 0 aromatic heterocycles. The van der Waals surface area contributed by atoms with Crippen LogP contribution in [-0.4, -0.2) is 6.61 Å². The normalized spacial score (nSPS) is 10.6. The largest absolute Gasteiger partial charge is 0.490 e. The molecule has 0 spiro atoms. The molecule has 1 N–H and O–H groups in total. The first-order valence-electron chi connectivity index (χ1n) is 8.87. The van der Waals surface area contributed by atoms with Gasteiger partial charge in [0.25, 0.3) is 0 Å². The first kappa shape index (κ1) is 20.8. The number of halogens is 3. The van der Waals surface area contributed by atoms with Crippen molar-refractivity contribution >= 4 is 44.8 Å². The van der Waals surface area contributed by atoms with Crippen LogP contribution in [0.2, 0.25) is 10.0 Å². The van der Waals surface area contributed by atoms with E-state index in [1.807, 2.05) is 67.6 Å². The summed E-state index contributed by atoms with van der Waals surface area (Å²) in [5.41, 5.74) is 3.06. The molecule has 0 amide bonds. The van der Waals surface area contributed by atoms with E-state index in [2.05, 4.69) is 21.2 Å². The summed E-state index contributed by atoms with van der Waals surface area (Å²) in [5, 5.41) is 4.79. The molecule has 0 unspecified atom stereocenters. The maximum Gasteiger partial charge on any atom is 0.162 e. The molecule has 0 heterocycles. The second-order valence-electron chi connectivity index (χ2n) is 6.10. The Kier molecular flexibility index (Phi) is 7.49. The summed E-state index contributed by atoms with van der Waals surface area (Å²) in [6, 6.07) is 19.2. The molecule has 28 heavy (non-hydrogen) atoms. The van der Waals surface area contributed by atoms with Crippen molar-refractivity contribution in [2.24, 2.45) is 0 Å². The minimum absolute atomic E-state index is 0.412. The average molecular weight is 481 g/mol. The van der Waals surface area contributed by atoms with Gasteiger partial charge in [-0.05, 0) is 66.6 Å². The van der Waals surface area contributed by atoms with Crippen molar-refractivity contribution < 1.29 is 9.47 Å². The zero-order valence-electron chi connectivity index (χ0n) is 15.3. The Labute approximate surface area is 183 Å². The van der Waals surface area contributed by atoms with E-state index in [4.69, 9.17) is 32.7 Å². The molecule has 0 saturated heterocycles. The molecule has 3 aromatic carbocycles. The van der Waals surface area contributed by atoms with E-state index in [0.29, 0.717) is 41.3 Å². The molecular weight excluding hydrogens is 461 g/mol. The Morgan fingerprint density at radius 2 is 1.64 bits per heavy atom. The zero-order chi connectivity index (χ0) is 19.9. The molecule has 3 rings (SSSR count). The molecular formula is C22H20BrCl2NO2.